The molecule has 0 aliphatic rings. The molecule has 0 spiro atoms. The van der Waals surface area contributed by atoms with Gasteiger partial charge in [0.25, 0.3) is 0 Å². The average molecular weight is 169 g/mol. The number of ether oxygens (including phenoxy) is 1. The summed E-state index contributed by atoms with van der Waals surface area (Å²) in [7, 11) is 0. The molecule has 0 aliphatic carbocycles. The summed E-state index contributed by atoms with van der Waals surface area (Å²) in [5.41, 5.74) is 0. The molecule has 0 saturated carbocycles. The van der Waals surface area contributed by atoms with Crippen molar-refractivity contribution in [2.75, 3.05) is 0 Å². The summed E-state index contributed by atoms with van der Waals surface area (Å²) in [6.45, 7) is 2.36. The molecule has 0 fully saturated rings. The van der Waals surface area contributed by atoms with Crippen LogP contribution in [0.1, 0.15) is 13.8 Å². The molecule has 0 saturated heterocycles. The van der Waals surface area contributed by atoms with Gasteiger partial charge in [0, 0.05) is 13.8 Å². The van der Waals surface area contributed by atoms with Crippen LogP contribution in [0.15, 0.2) is 0 Å². The Bertz CT molecular complexity index is 92.0. The van der Waals surface area contributed by atoms with E-state index in [4.69, 9.17) is 0 Å². The van der Waals surface area contributed by atoms with Gasteiger partial charge in [0.1, 0.15) is 0 Å². The Morgan fingerprint density at radius 1 is 1.11 bits per heavy atom. The maximum atomic E-state index is 9.81. The van der Waals surface area contributed by atoms with Gasteiger partial charge < -0.3 is 4.74 Å². The minimum absolute atomic E-state index is 0. The molecule has 9 heavy (non-hydrogen) atoms. The van der Waals surface area contributed by atoms with E-state index in [1.165, 1.54) is 13.8 Å². The van der Waals surface area contributed by atoms with Crippen molar-refractivity contribution >= 4 is 86.4 Å². The van der Waals surface area contributed by atoms with E-state index in [9.17, 15) is 9.59 Å². The Balaban J connectivity index is -0.000000180. The second-order valence-corrected chi connectivity index (χ2v) is 1.09. The number of hydrogen-bond donors (Lipinski definition) is 0. The van der Waals surface area contributed by atoms with Crippen LogP contribution in [0, 0.1) is 0 Å². The van der Waals surface area contributed by atoms with E-state index in [1.807, 2.05) is 0 Å². The maximum Gasteiger partial charge on any atom is 0.316 e. The Labute approximate surface area is 112 Å². The van der Waals surface area contributed by atoms with Crippen molar-refractivity contribution in [1.29, 1.82) is 0 Å². The summed E-state index contributed by atoms with van der Waals surface area (Å²) in [5, 5.41) is 0. The number of hydrogen-bond acceptors (Lipinski definition) is 3. The van der Waals surface area contributed by atoms with Crippen LogP contribution in [-0.4, -0.2) is 86.4 Å². The third kappa shape index (κ3) is 17.7. The molecule has 0 rings (SSSR count). The summed E-state index contributed by atoms with van der Waals surface area (Å²) in [6.07, 6.45) is 0. The zero-order valence-corrected chi connectivity index (χ0v) is 4.22. The van der Waals surface area contributed by atoms with Gasteiger partial charge in [-0.05, 0) is 0 Å². The van der Waals surface area contributed by atoms with Crippen molar-refractivity contribution in [3.05, 3.63) is 0 Å². The predicted octanol–water partition coefficient (Wildman–Crippen LogP) is -1.47. The standard InChI is InChI=1S/C4H6O3.K.Mg.3H/c1-3(5)7-4(2)6;;;;;/h1-2H3;;;;;. The molecule has 0 amide bonds. The molecule has 46 valence electrons. The fourth-order valence-electron chi connectivity index (χ4n) is 0.202. The van der Waals surface area contributed by atoms with Crippen LogP contribution >= 0.6 is 0 Å². The number of carbonyl (C=O) groups is 2. The van der Waals surface area contributed by atoms with Gasteiger partial charge in [0.05, 0.1) is 0 Å². The van der Waals surface area contributed by atoms with Gasteiger partial charge in [0.15, 0.2) is 0 Å². The normalized spacial score (nSPS) is 6.00. The minimum atomic E-state index is -0.562. The first kappa shape index (κ1) is 16.9. The van der Waals surface area contributed by atoms with Crippen molar-refractivity contribution in [3.8, 4) is 0 Å². The average Bonchev–Trinajstić information content (AvgIpc) is 1.27. The van der Waals surface area contributed by atoms with Gasteiger partial charge in [-0.15, -0.1) is 0 Å². The summed E-state index contributed by atoms with van der Waals surface area (Å²) in [4.78, 5) is 19.6. The number of carbonyl (C=O) groups excluding carboxylic acids is 2. The fraction of sp³-hybridized carbons (Fsp3) is 0.500. The summed E-state index contributed by atoms with van der Waals surface area (Å²) >= 11 is 0. The Hall–Kier alpha value is 1.54. The largest absolute Gasteiger partial charge is 0.316 e. The SMILES string of the molecule is CC(=O)OC(C)=O.[KH].[MgH2]. The van der Waals surface area contributed by atoms with Gasteiger partial charge in [-0.2, -0.15) is 0 Å². The third-order valence-electron chi connectivity index (χ3n) is 0.287. The third-order valence-corrected chi connectivity index (χ3v) is 0.287. The number of rotatable bonds is 0. The molecule has 0 bridgehead atoms. The van der Waals surface area contributed by atoms with Gasteiger partial charge in [-0.3, -0.25) is 9.59 Å². The molecular weight excluding hydrogens is 159 g/mol. The Kier molecular flexibility index (Phi) is 17.9. The molecular formula is C4H9KMgO3. The van der Waals surface area contributed by atoms with Crippen LogP contribution < -0.4 is 0 Å². The summed E-state index contributed by atoms with van der Waals surface area (Å²) < 4.78 is 3.97. The van der Waals surface area contributed by atoms with Crippen LogP contribution in [0.25, 0.3) is 0 Å². The monoisotopic (exact) mass is 168 g/mol. The Morgan fingerprint density at radius 2 is 1.33 bits per heavy atom. The molecule has 3 nitrogen and oxygen atoms in total. The van der Waals surface area contributed by atoms with Gasteiger partial charge in [-0.25, -0.2) is 0 Å². The van der Waals surface area contributed by atoms with E-state index in [1.54, 1.807) is 0 Å². The van der Waals surface area contributed by atoms with Gasteiger partial charge in [0.2, 0.25) is 0 Å². The van der Waals surface area contributed by atoms with Crippen LogP contribution in [0.5, 0.6) is 0 Å². The van der Waals surface area contributed by atoms with Crippen LogP contribution in [0.3, 0.4) is 0 Å². The van der Waals surface area contributed by atoms with E-state index in [0.717, 1.165) is 0 Å². The first-order valence-electron chi connectivity index (χ1n) is 1.82. The Morgan fingerprint density at radius 3 is 1.33 bits per heavy atom. The molecule has 0 atom stereocenters. The predicted molar refractivity (Wildman–Crippen MR) is 38.1 cm³/mol. The van der Waals surface area contributed by atoms with Crippen LogP contribution in [0.2, 0.25) is 0 Å². The zero-order valence-electron chi connectivity index (χ0n) is 4.22. The molecule has 5 heteroatoms. The van der Waals surface area contributed by atoms with E-state index in [-0.39, 0.29) is 74.4 Å². The molecule has 0 aromatic carbocycles. The van der Waals surface area contributed by atoms with Crippen molar-refractivity contribution in [2.45, 2.75) is 13.8 Å². The molecule has 0 radical (unpaired) electrons. The van der Waals surface area contributed by atoms with E-state index in [2.05, 4.69) is 4.74 Å². The second-order valence-electron chi connectivity index (χ2n) is 1.09. The van der Waals surface area contributed by atoms with E-state index >= 15 is 0 Å². The van der Waals surface area contributed by atoms with E-state index in [0.29, 0.717) is 0 Å². The molecule has 0 aromatic rings. The summed E-state index contributed by atoms with van der Waals surface area (Å²) in [6, 6.07) is 0. The second kappa shape index (κ2) is 9.54. The van der Waals surface area contributed by atoms with Crippen LogP contribution in [-0.2, 0) is 14.3 Å². The van der Waals surface area contributed by atoms with Gasteiger partial charge in [-0.1, -0.05) is 0 Å². The molecule has 0 aromatic heterocycles. The maximum absolute atomic E-state index is 9.81. The molecule has 0 heterocycles. The summed E-state index contributed by atoms with van der Waals surface area (Å²) in [5.74, 6) is -1.12. The van der Waals surface area contributed by atoms with Crippen LogP contribution in [0.4, 0.5) is 0 Å². The smallest absolute Gasteiger partial charge is 0.316 e. The fourth-order valence-corrected chi connectivity index (χ4v) is 0.202. The van der Waals surface area contributed by atoms with E-state index < -0.39 is 11.9 Å². The van der Waals surface area contributed by atoms with Crippen molar-refractivity contribution in [1.82, 2.24) is 0 Å². The van der Waals surface area contributed by atoms with Crippen molar-refractivity contribution in [3.63, 3.8) is 0 Å². The first-order valence-corrected chi connectivity index (χ1v) is 1.82. The van der Waals surface area contributed by atoms with Crippen molar-refractivity contribution in [2.24, 2.45) is 0 Å². The van der Waals surface area contributed by atoms with Crippen molar-refractivity contribution < 1.29 is 14.3 Å². The topological polar surface area (TPSA) is 43.4 Å². The first-order chi connectivity index (χ1) is 3.13. The molecule has 0 N–H and O–H groups in total. The molecule has 0 aliphatic heterocycles. The minimum Gasteiger partial charge on any atom is 0.316 e. The van der Waals surface area contributed by atoms with Gasteiger partial charge >= 0.3 is 86.4 Å². The zero-order chi connectivity index (χ0) is 5.86. The number of esters is 2. The quantitative estimate of drug-likeness (QED) is 0.252. The molecule has 0 unspecified atom stereocenters.